The van der Waals surface area contributed by atoms with Crippen LogP contribution in [0.5, 0.6) is 0 Å². The van der Waals surface area contributed by atoms with Crippen molar-refractivity contribution in [3.05, 3.63) is 46.8 Å². The van der Waals surface area contributed by atoms with Gasteiger partial charge < -0.3 is 14.3 Å². The predicted molar refractivity (Wildman–Crippen MR) is 94.9 cm³/mol. The van der Waals surface area contributed by atoms with Gasteiger partial charge in [-0.05, 0) is 25.1 Å². The molecule has 6 nitrogen and oxygen atoms in total. The molecule has 1 aromatic heterocycles. The molecule has 3 rings (SSSR count). The van der Waals surface area contributed by atoms with E-state index in [0.29, 0.717) is 17.3 Å². The van der Waals surface area contributed by atoms with E-state index >= 15 is 0 Å². The first-order valence-corrected chi connectivity index (χ1v) is 8.58. The molecule has 0 bridgehead atoms. The number of nitrogens with zero attached hydrogens (tertiary/aromatic N) is 3. The van der Waals surface area contributed by atoms with Crippen molar-refractivity contribution in [1.82, 2.24) is 10.1 Å². The maximum Gasteiger partial charge on any atom is 0.276 e. The normalized spacial score (nSPS) is 18.1. The fourth-order valence-corrected chi connectivity index (χ4v) is 3.01. The van der Waals surface area contributed by atoms with E-state index in [4.69, 9.17) is 16.1 Å². The van der Waals surface area contributed by atoms with E-state index in [1.807, 2.05) is 26.8 Å². The molecule has 132 valence electrons. The van der Waals surface area contributed by atoms with Crippen molar-refractivity contribution in [3.8, 4) is 0 Å². The Morgan fingerprint density at radius 1 is 1.36 bits per heavy atom. The minimum absolute atomic E-state index is 0.00359. The summed E-state index contributed by atoms with van der Waals surface area (Å²) in [5.41, 5.74) is 0.972. The molecule has 1 fully saturated rings. The lowest BCUT2D eigenvalue weighted by molar-refractivity contribution is -0.121. The van der Waals surface area contributed by atoms with Gasteiger partial charge in [-0.3, -0.25) is 9.59 Å². The Hall–Kier alpha value is -2.34. The second-order valence-electron chi connectivity index (χ2n) is 6.54. The van der Waals surface area contributed by atoms with Crippen molar-refractivity contribution >= 4 is 29.1 Å². The summed E-state index contributed by atoms with van der Waals surface area (Å²) in [5, 5.41) is 4.42. The van der Waals surface area contributed by atoms with Gasteiger partial charge in [-0.2, -0.15) is 0 Å². The number of aromatic nitrogens is 1. The lowest BCUT2D eigenvalue weighted by Gasteiger charge is -2.39. The van der Waals surface area contributed by atoms with Crippen LogP contribution < -0.4 is 4.90 Å². The molecule has 0 saturated carbocycles. The number of amides is 2. The SMILES string of the molecule is CC(C)c1cc(C(=O)N2CC(=O)N(c3cccc(Cl)c3)CC2C)no1. The minimum Gasteiger partial charge on any atom is -0.360 e. The van der Waals surface area contributed by atoms with Gasteiger partial charge >= 0.3 is 0 Å². The van der Waals surface area contributed by atoms with E-state index in [1.165, 1.54) is 4.90 Å². The molecule has 1 aliphatic rings. The molecular weight excluding hydrogens is 342 g/mol. The quantitative estimate of drug-likeness (QED) is 0.841. The number of piperazine rings is 1. The summed E-state index contributed by atoms with van der Waals surface area (Å²) < 4.78 is 5.20. The molecule has 0 aliphatic carbocycles. The fraction of sp³-hybridized carbons (Fsp3) is 0.389. The molecule has 1 aliphatic heterocycles. The van der Waals surface area contributed by atoms with Crippen molar-refractivity contribution < 1.29 is 14.1 Å². The Labute approximate surface area is 151 Å². The van der Waals surface area contributed by atoms with Gasteiger partial charge in [0.15, 0.2) is 5.69 Å². The molecule has 2 aromatic rings. The van der Waals surface area contributed by atoms with Crippen LogP contribution in [0.2, 0.25) is 5.02 Å². The van der Waals surface area contributed by atoms with E-state index in [1.54, 1.807) is 29.2 Å². The molecule has 1 aromatic carbocycles. The number of hydrogen-bond donors (Lipinski definition) is 0. The summed E-state index contributed by atoms with van der Waals surface area (Å²) in [7, 11) is 0. The van der Waals surface area contributed by atoms with E-state index in [0.717, 1.165) is 5.69 Å². The molecule has 1 saturated heterocycles. The molecule has 1 atom stereocenters. The maximum absolute atomic E-state index is 12.7. The van der Waals surface area contributed by atoms with Gasteiger partial charge in [0.05, 0.1) is 0 Å². The summed E-state index contributed by atoms with van der Waals surface area (Å²) in [6.07, 6.45) is 0. The Morgan fingerprint density at radius 2 is 2.12 bits per heavy atom. The second-order valence-corrected chi connectivity index (χ2v) is 6.97. The van der Waals surface area contributed by atoms with Crippen LogP contribution in [0, 0.1) is 0 Å². The van der Waals surface area contributed by atoms with Gasteiger partial charge in [0.25, 0.3) is 5.91 Å². The minimum atomic E-state index is -0.290. The molecule has 0 radical (unpaired) electrons. The molecule has 0 spiro atoms. The van der Waals surface area contributed by atoms with Crippen molar-refractivity contribution in [1.29, 1.82) is 0 Å². The van der Waals surface area contributed by atoms with Gasteiger partial charge in [0.2, 0.25) is 5.91 Å². The summed E-state index contributed by atoms with van der Waals surface area (Å²) in [6.45, 7) is 6.23. The average Bonchev–Trinajstić information content (AvgIpc) is 3.06. The number of anilines is 1. The van der Waals surface area contributed by atoms with Crippen LogP contribution in [-0.2, 0) is 4.79 Å². The summed E-state index contributed by atoms with van der Waals surface area (Å²) in [4.78, 5) is 28.4. The summed E-state index contributed by atoms with van der Waals surface area (Å²) >= 11 is 6.01. The van der Waals surface area contributed by atoms with E-state index in [-0.39, 0.29) is 36.0 Å². The fourth-order valence-electron chi connectivity index (χ4n) is 2.83. The van der Waals surface area contributed by atoms with Crippen LogP contribution in [0.15, 0.2) is 34.9 Å². The van der Waals surface area contributed by atoms with Crippen molar-refractivity contribution in [3.63, 3.8) is 0 Å². The number of hydrogen-bond acceptors (Lipinski definition) is 4. The van der Waals surface area contributed by atoms with Crippen LogP contribution in [-0.4, -0.2) is 41.0 Å². The first-order valence-electron chi connectivity index (χ1n) is 8.20. The molecule has 1 unspecified atom stereocenters. The van der Waals surface area contributed by atoms with Crippen LogP contribution in [0.4, 0.5) is 5.69 Å². The van der Waals surface area contributed by atoms with Crippen molar-refractivity contribution in [2.75, 3.05) is 18.0 Å². The van der Waals surface area contributed by atoms with Gasteiger partial charge in [-0.1, -0.05) is 36.7 Å². The molecule has 2 amide bonds. The van der Waals surface area contributed by atoms with Crippen LogP contribution in [0.3, 0.4) is 0 Å². The Morgan fingerprint density at radius 3 is 2.76 bits per heavy atom. The molecule has 0 N–H and O–H groups in total. The summed E-state index contributed by atoms with van der Waals surface area (Å²) in [6, 6.07) is 8.64. The Bertz CT molecular complexity index is 802. The number of halogens is 1. The molecule has 7 heteroatoms. The summed E-state index contributed by atoms with van der Waals surface area (Å²) in [5.74, 6) is 0.358. The topological polar surface area (TPSA) is 66.7 Å². The predicted octanol–water partition coefficient (Wildman–Crippen LogP) is 3.33. The zero-order chi connectivity index (χ0) is 18.1. The van der Waals surface area contributed by atoms with E-state index in [2.05, 4.69) is 5.16 Å². The smallest absolute Gasteiger partial charge is 0.276 e. The zero-order valence-electron chi connectivity index (χ0n) is 14.4. The molecular formula is C18H20ClN3O3. The third-order valence-electron chi connectivity index (χ3n) is 4.28. The molecule has 25 heavy (non-hydrogen) atoms. The van der Waals surface area contributed by atoms with Gasteiger partial charge in [0.1, 0.15) is 12.3 Å². The highest BCUT2D eigenvalue weighted by Gasteiger charge is 2.35. The van der Waals surface area contributed by atoms with E-state index < -0.39 is 0 Å². The number of benzene rings is 1. The van der Waals surface area contributed by atoms with Crippen LogP contribution >= 0.6 is 11.6 Å². The standard InChI is InChI=1S/C18H20ClN3O3/c1-11(2)16-8-15(20-25-16)18(24)21-10-17(23)22(9-12(21)3)14-6-4-5-13(19)7-14/h4-8,11-12H,9-10H2,1-3H3. The number of carbonyl (C=O) groups is 2. The zero-order valence-corrected chi connectivity index (χ0v) is 15.2. The van der Waals surface area contributed by atoms with Crippen LogP contribution in [0.25, 0.3) is 0 Å². The third-order valence-corrected chi connectivity index (χ3v) is 4.52. The van der Waals surface area contributed by atoms with E-state index in [9.17, 15) is 9.59 Å². The third kappa shape index (κ3) is 3.54. The van der Waals surface area contributed by atoms with Gasteiger partial charge in [0, 0.05) is 35.3 Å². The number of carbonyl (C=O) groups excluding carboxylic acids is 2. The number of rotatable bonds is 3. The largest absolute Gasteiger partial charge is 0.360 e. The highest BCUT2D eigenvalue weighted by Crippen LogP contribution is 2.24. The maximum atomic E-state index is 12.7. The van der Waals surface area contributed by atoms with Gasteiger partial charge in [-0.15, -0.1) is 0 Å². The monoisotopic (exact) mass is 361 g/mol. The molecule has 2 heterocycles. The first-order chi connectivity index (χ1) is 11.9. The lowest BCUT2D eigenvalue weighted by Crippen LogP contribution is -2.57. The Kier molecular flexibility index (Phi) is 4.81. The van der Waals surface area contributed by atoms with Crippen molar-refractivity contribution in [2.24, 2.45) is 0 Å². The second kappa shape index (κ2) is 6.88. The highest BCUT2D eigenvalue weighted by atomic mass is 35.5. The average molecular weight is 362 g/mol. The first kappa shape index (κ1) is 17.5. The lowest BCUT2D eigenvalue weighted by atomic mass is 10.1. The van der Waals surface area contributed by atoms with Crippen molar-refractivity contribution in [2.45, 2.75) is 32.7 Å². The van der Waals surface area contributed by atoms with Crippen LogP contribution in [0.1, 0.15) is 42.9 Å². The highest BCUT2D eigenvalue weighted by molar-refractivity contribution is 6.30. The van der Waals surface area contributed by atoms with Gasteiger partial charge in [-0.25, -0.2) is 0 Å². The Balaban J connectivity index is 1.77.